The summed E-state index contributed by atoms with van der Waals surface area (Å²) in [5, 5.41) is 4.55. The maximum absolute atomic E-state index is 6.10. The van der Waals surface area contributed by atoms with Gasteiger partial charge in [-0.3, -0.25) is 0 Å². The van der Waals surface area contributed by atoms with E-state index in [1.165, 1.54) is 12.0 Å². The van der Waals surface area contributed by atoms with Crippen molar-refractivity contribution in [3.05, 3.63) is 34.9 Å². The summed E-state index contributed by atoms with van der Waals surface area (Å²) in [6.45, 7) is 6.41. The monoisotopic (exact) mass is 295 g/mol. The lowest BCUT2D eigenvalue weighted by molar-refractivity contribution is 0.0775. The highest BCUT2D eigenvalue weighted by Gasteiger charge is 2.33. The molecule has 112 valence electrons. The van der Waals surface area contributed by atoms with E-state index in [1.54, 1.807) is 0 Å². The van der Waals surface area contributed by atoms with Gasteiger partial charge in [0.05, 0.1) is 6.10 Å². The minimum absolute atomic E-state index is 0.406. The normalized spacial score (nSPS) is 23.9. The molecule has 0 amide bonds. The SMILES string of the molecule is CCCNC(Cc1cccc(Cl)c1)C1CCOC1CC. The van der Waals surface area contributed by atoms with Gasteiger partial charge in [-0.1, -0.05) is 37.6 Å². The predicted octanol–water partition coefficient (Wildman–Crippen LogP) is 4.07. The molecule has 1 saturated heterocycles. The second kappa shape index (κ2) is 8.02. The number of hydrogen-bond acceptors (Lipinski definition) is 2. The Kier molecular flexibility index (Phi) is 6.34. The zero-order chi connectivity index (χ0) is 14.4. The highest BCUT2D eigenvalue weighted by molar-refractivity contribution is 6.30. The summed E-state index contributed by atoms with van der Waals surface area (Å²) < 4.78 is 5.87. The molecule has 0 radical (unpaired) electrons. The molecule has 1 aliphatic rings. The van der Waals surface area contributed by atoms with Crippen LogP contribution in [-0.2, 0) is 11.2 Å². The van der Waals surface area contributed by atoms with Crippen molar-refractivity contribution in [2.45, 2.75) is 51.7 Å². The fraction of sp³-hybridized carbons (Fsp3) is 0.647. The molecule has 1 aliphatic heterocycles. The molecule has 3 heteroatoms. The topological polar surface area (TPSA) is 21.3 Å². The largest absolute Gasteiger partial charge is 0.378 e. The van der Waals surface area contributed by atoms with Gasteiger partial charge in [0.15, 0.2) is 0 Å². The molecule has 1 aromatic carbocycles. The summed E-state index contributed by atoms with van der Waals surface area (Å²) in [7, 11) is 0. The van der Waals surface area contributed by atoms with Crippen LogP contribution in [-0.4, -0.2) is 25.3 Å². The van der Waals surface area contributed by atoms with E-state index >= 15 is 0 Å². The Morgan fingerprint density at radius 3 is 2.95 bits per heavy atom. The summed E-state index contributed by atoms with van der Waals surface area (Å²) in [6.07, 6.45) is 4.87. The van der Waals surface area contributed by atoms with Crippen LogP contribution in [0.1, 0.15) is 38.7 Å². The molecular weight excluding hydrogens is 270 g/mol. The molecule has 1 fully saturated rings. The van der Waals surface area contributed by atoms with Crippen LogP contribution in [0.2, 0.25) is 5.02 Å². The number of halogens is 1. The van der Waals surface area contributed by atoms with Crippen LogP contribution < -0.4 is 5.32 Å². The lowest BCUT2D eigenvalue weighted by atomic mass is 9.87. The van der Waals surface area contributed by atoms with Gasteiger partial charge in [0.1, 0.15) is 0 Å². The fourth-order valence-corrected chi connectivity index (χ4v) is 3.38. The van der Waals surface area contributed by atoms with Crippen molar-refractivity contribution in [2.75, 3.05) is 13.2 Å². The summed E-state index contributed by atoms with van der Waals surface area (Å²) in [5.74, 6) is 0.616. The van der Waals surface area contributed by atoms with Gasteiger partial charge < -0.3 is 10.1 Å². The minimum atomic E-state index is 0.406. The lowest BCUT2D eigenvalue weighted by Gasteiger charge is -2.28. The van der Waals surface area contributed by atoms with E-state index in [0.717, 1.165) is 37.4 Å². The van der Waals surface area contributed by atoms with Gasteiger partial charge in [-0.25, -0.2) is 0 Å². The predicted molar refractivity (Wildman–Crippen MR) is 85.4 cm³/mol. The second-order valence-corrected chi connectivity index (χ2v) is 6.10. The first-order chi connectivity index (χ1) is 9.74. The van der Waals surface area contributed by atoms with E-state index in [0.29, 0.717) is 18.1 Å². The van der Waals surface area contributed by atoms with E-state index in [-0.39, 0.29) is 0 Å². The Labute approximate surface area is 127 Å². The Balaban J connectivity index is 2.06. The van der Waals surface area contributed by atoms with Crippen LogP contribution >= 0.6 is 11.6 Å². The van der Waals surface area contributed by atoms with E-state index in [4.69, 9.17) is 16.3 Å². The smallest absolute Gasteiger partial charge is 0.0616 e. The summed E-state index contributed by atoms with van der Waals surface area (Å²) in [6, 6.07) is 8.72. The van der Waals surface area contributed by atoms with E-state index in [2.05, 4.69) is 31.3 Å². The molecule has 0 saturated carbocycles. The van der Waals surface area contributed by atoms with Gasteiger partial charge in [-0.2, -0.15) is 0 Å². The van der Waals surface area contributed by atoms with Crippen molar-refractivity contribution in [1.29, 1.82) is 0 Å². The average molecular weight is 296 g/mol. The highest BCUT2D eigenvalue weighted by atomic mass is 35.5. The molecule has 0 spiro atoms. The van der Waals surface area contributed by atoms with Crippen molar-refractivity contribution >= 4 is 11.6 Å². The third kappa shape index (κ3) is 4.21. The zero-order valence-electron chi connectivity index (χ0n) is 12.6. The third-order valence-electron chi connectivity index (χ3n) is 4.18. The van der Waals surface area contributed by atoms with Crippen molar-refractivity contribution in [2.24, 2.45) is 5.92 Å². The molecule has 0 aliphatic carbocycles. The summed E-state index contributed by atoms with van der Waals surface area (Å²) in [5.41, 5.74) is 1.31. The van der Waals surface area contributed by atoms with Crippen LogP contribution in [0.25, 0.3) is 0 Å². The number of ether oxygens (including phenoxy) is 1. The number of hydrogen-bond donors (Lipinski definition) is 1. The van der Waals surface area contributed by atoms with Gasteiger partial charge in [0, 0.05) is 23.6 Å². The van der Waals surface area contributed by atoms with Gasteiger partial charge >= 0.3 is 0 Å². The van der Waals surface area contributed by atoms with Crippen LogP contribution in [0.5, 0.6) is 0 Å². The molecule has 1 aromatic rings. The van der Waals surface area contributed by atoms with Crippen LogP contribution in [0.4, 0.5) is 0 Å². The number of rotatable bonds is 7. The van der Waals surface area contributed by atoms with Crippen LogP contribution in [0.3, 0.4) is 0 Å². The quantitative estimate of drug-likeness (QED) is 0.819. The molecular formula is C17H26ClNO. The summed E-state index contributed by atoms with van der Waals surface area (Å²) in [4.78, 5) is 0. The van der Waals surface area contributed by atoms with Gasteiger partial charge in [-0.05, 0) is 49.9 Å². The van der Waals surface area contributed by atoms with Crippen molar-refractivity contribution < 1.29 is 4.74 Å². The average Bonchev–Trinajstić information content (AvgIpc) is 2.92. The maximum Gasteiger partial charge on any atom is 0.0616 e. The van der Waals surface area contributed by atoms with Crippen LogP contribution in [0, 0.1) is 5.92 Å². The van der Waals surface area contributed by atoms with Crippen molar-refractivity contribution in [1.82, 2.24) is 5.32 Å². The molecule has 2 rings (SSSR count). The molecule has 2 nitrogen and oxygen atoms in total. The second-order valence-electron chi connectivity index (χ2n) is 5.66. The standard InChI is InChI=1S/C17H26ClNO/c1-3-9-19-16(15-8-10-20-17(15)4-2)12-13-6-5-7-14(18)11-13/h5-7,11,15-17,19H,3-4,8-10,12H2,1-2H3. The van der Waals surface area contributed by atoms with Crippen LogP contribution in [0.15, 0.2) is 24.3 Å². The van der Waals surface area contributed by atoms with Gasteiger partial charge in [-0.15, -0.1) is 0 Å². The van der Waals surface area contributed by atoms with E-state index in [9.17, 15) is 0 Å². The lowest BCUT2D eigenvalue weighted by Crippen LogP contribution is -2.41. The highest BCUT2D eigenvalue weighted by Crippen LogP contribution is 2.28. The van der Waals surface area contributed by atoms with Crippen molar-refractivity contribution in [3.8, 4) is 0 Å². The molecule has 3 unspecified atom stereocenters. The first kappa shape index (κ1) is 15.8. The molecule has 1 N–H and O–H groups in total. The summed E-state index contributed by atoms with van der Waals surface area (Å²) >= 11 is 6.10. The first-order valence-electron chi connectivity index (χ1n) is 7.84. The van der Waals surface area contributed by atoms with Gasteiger partial charge in [0.2, 0.25) is 0 Å². The van der Waals surface area contributed by atoms with Gasteiger partial charge in [0.25, 0.3) is 0 Å². The Morgan fingerprint density at radius 2 is 2.25 bits per heavy atom. The molecule has 20 heavy (non-hydrogen) atoms. The number of benzene rings is 1. The zero-order valence-corrected chi connectivity index (χ0v) is 13.3. The maximum atomic E-state index is 6.10. The first-order valence-corrected chi connectivity index (χ1v) is 8.21. The minimum Gasteiger partial charge on any atom is -0.378 e. The van der Waals surface area contributed by atoms with Crippen molar-refractivity contribution in [3.63, 3.8) is 0 Å². The fourth-order valence-electron chi connectivity index (χ4n) is 3.17. The third-order valence-corrected chi connectivity index (χ3v) is 4.42. The molecule has 3 atom stereocenters. The Morgan fingerprint density at radius 1 is 1.40 bits per heavy atom. The molecule has 0 bridgehead atoms. The molecule has 0 aromatic heterocycles. The van der Waals surface area contributed by atoms with E-state index in [1.807, 2.05) is 12.1 Å². The van der Waals surface area contributed by atoms with E-state index < -0.39 is 0 Å². The number of nitrogens with one attached hydrogen (secondary N) is 1. The Hall–Kier alpha value is -0.570. The molecule has 1 heterocycles. The Bertz CT molecular complexity index is 410.